The van der Waals surface area contributed by atoms with Crippen LogP contribution in [0.15, 0.2) is 12.1 Å². The molecule has 0 aromatic heterocycles. The largest absolute Gasteiger partial charge is 0.482 e. The van der Waals surface area contributed by atoms with Gasteiger partial charge in [-0.25, -0.2) is 8.42 Å². The number of hydrogen-bond acceptors (Lipinski definition) is 4. The van der Waals surface area contributed by atoms with Crippen LogP contribution in [0.4, 0.5) is 0 Å². The SMILES string of the molecule is CN(C(=O)COc1cc(Cl)c(Cl)cc1Cl)C1CCS(=O)(=O)C1. The molecule has 0 radical (unpaired) electrons. The molecule has 1 aromatic rings. The number of amides is 1. The van der Waals surface area contributed by atoms with E-state index in [4.69, 9.17) is 39.5 Å². The number of ether oxygens (including phenoxy) is 1. The zero-order valence-corrected chi connectivity index (χ0v) is 14.8. The Morgan fingerprint density at radius 1 is 1.27 bits per heavy atom. The van der Waals surface area contributed by atoms with Crippen molar-refractivity contribution in [3.05, 3.63) is 27.2 Å². The molecule has 0 aliphatic carbocycles. The minimum Gasteiger partial charge on any atom is -0.482 e. The number of likely N-dealkylation sites (N-methyl/N-ethyl adjacent to an activating group) is 1. The molecule has 5 nitrogen and oxygen atoms in total. The number of halogens is 3. The topological polar surface area (TPSA) is 63.7 Å². The third-order valence-corrected chi connectivity index (χ3v) is 6.24. The van der Waals surface area contributed by atoms with Crippen LogP contribution in [0.2, 0.25) is 15.1 Å². The highest BCUT2D eigenvalue weighted by Gasteiger charge is 2.32. The third-order valence-electron chi connectivity index (χ3n) is 3.48. The molecule has 1 heterocycles. The lowest BCUT2D eigenvalue weighted by Gasteiger charge is -2.23. The molecular weight excluding hydrogens is 373 g/mol. The summed E-state index contributed by atoms with van der Waals surface area (Å²) in [6.45, 7) is -0.259. The first-order valence-electron chi connectivity index (χ1n) is 6.43. The van der Waals surface area contributed by atoms with Gasteiger partial charge in [0.05, 0.1) is 26.6 Å². The fraction of sp³-hybridized carbons (Fsp3) is 0.462. The summed E-state index contributed by atoms with van der Waals surface area (Å²) in [6, 6.07) is 2.54. The van der Waals surface area contributed by atoms with Crippen molar-refractivity contribution in [3.63, 3.8) is 0 Å². The van der Waals surface area contributed by atoms with Crippen molar-refractivity contribution < 1.29 is 17.9 Å². The Hall–Kier alpha value is -0.690. The molecule has 1 fully saturated rings. The van der Waals surface area contributed by atoms with Crippen LogP contribution >= 0.6 is 34.8 Å². The second-order valence-corrected chi connectivity index (χ2v) is 8.50. The van der Waals surface area contributed by atoms with Gasteiger partial charge in [-0.05, 0) is 12.5 Å². The van der Waals surface area contributed by atoms with Gasteiger partial charge in [0.2, 0.25) is 0 Å². The van der Waals surface area contributed by atoms with E-state index in [0.717, 1.165) is 0 Å². The van der Waals surface area contributed by atoms with Crippen LogP contribution in [-0.4, -0.2) is 50.4 Å². The summed E-state index contributed by atoms with van der Waals surface area (Å²) < 4.78 is 28.2. The predicted octanol–water partition coefficient (Wildman–Crippen LogP) is 2.67. The monoisotopic (exact) mass is 385 g/mol. The van der Waals surface area contributed by atoms with Gasteiger partial charge in [-0.3, -0.25) is 4.79 Å². The first-order chi connectivity index (χ1) is 10.2. The van der Waals surface area contributed by atoms with Gasteiger partial charge in [0.25, 0.3) is 5.91 Å². The van der Waals surface area contributed by atoms with Gasteiger partial charge in [-0.1, -0.05) is 34.8 Å². The molecule has 22 heavy (non-hydrogen) atoms. The molecule has 0 bridgehead atoms. The minimum atomic E-state index is -3.05. The Bertz CT molecular complexity index is 693. The quantitative estimate of drug-likeness (QED) is 0.746. The lowest BCUT2D eigenvalue weighted by molar-refractivity contribution is -0.133. The number of nitrogens with zero attached hydrogens (tertiary/aromatic N) is 1. The number of carbonyl (C=O) groups excluding carboxylic acids is 1. The Labute approximate surface area is 144 Å². The zero-order chi connectivity index (χ0) is 16.5. The van der Waals surface area contributed by atoms with E-state index in [2.05, 4.69) is 0 Å². The van der Waals surface area contributed by atoms with Gasteiger partial charge in [-0.2, -0.15) is 0 Å². The van der Waals surface area contributed by atoms with Crippen LogP contribution in [0.25, 0.3) is 0 Å². The van der Waals surface area contributed by atoms with Crippen LogP contribution in [0.5, 0.6) is 5.75 Å². The maximum atomic E-state index is 12.1. The number of sulfone groups is 1. The molecule has 1 aliphatic rings. The molecule has 1 unspecified atom stereocenters. The van der Waals surface area contributed by atoms with E-state index in [1.54, 1.807) is 7.05 Å². The first-order valence-corrected chi connectivity index (χ1v) is 9.38. The Kier molecular flexibility index (Phi) is 5.48. The standard InChI is InChI=1S/C13H14Cl3NO4S/c1-17(8-2-3-22(19,20)7-8)13(18)6-21-12-5-10(15)9(14)4-11(12)16/h4-5,8H,2-3,6-7H2,1H3. The molecule has 0 saturated carbocycles. The molecule has 1 amide bonds. The van der Waals surface area contributed by atoms with Gasteiger partial charge >= 0.3 is 0 Å². The van der Waals surface area contributed by atoms with Gasteiger partial charge in [0, 0.05) is 19.2 Å². The third kappa shape index (κ3) is 4.19. The Balaban J connectivity index is 1.97. The lowest BCUT2D eigenvalue weighted by Crippen LogP contribution is -2.40. The first kappa shape index (κ1) is 17.7. The van der Waals surface area contributed by atoms with E-state index in [1.807, 2.05) is 0 Å². The average Bonchev–Trinajstić information content (AvgIpc) is 2.80. The van der Waals surface area contributed by atoms with E-state index in [0.29, 0.717) is 11.4 Å². The van der Waals surface area contributed by atoms with E-state index in [1.165, 1.54) is 17.0 Å². The number of hydrogen-bond donors (Lipinski definition) is 0. The van der Waals surface area contributed by atoms with Crippen molar-refractivity contribution in [2.24, 2.45) is 0 Å². The summed E-state index contributed by atoms with van der Waals surface area (Å²) in [4.78, 5) is 13.5. The van der Waals surface area contributed by atoms with Crippen LogP contribution in [0, 0.1) is 0 Å². The van der Waals surface area contributed by atoms with Crippen molar-refractivity contribution >= 4 is 50.5 Å². The van der Waals surface area contributed by atoms with Crippen LogP contribution in [0.1, 0.15) is 6.42 Å². The van der Waals surface area contributed by atoms with E-state index >= 15 is 0 Å². The summed E-state index contributed by atoms with van der Waals surface area (Å²) in [5.41, 5.74) is 0. The molecule has 122 valence electrons. The van der Waals surface area contributed by atoms with Crippen LogP contribution < -0.4 is 4.74 Å². The summed E-state index contributed by atoms with van der Waals surface area (Å²) >= 11 is 17.6. The summed E-state index contributed by atoms with van der Waals surface area (Å²) in [5.74, 6) is 0.0125. The Morgan fingerprint density at radius 3 is 2.50 bits per heavy atom. The molecule has 1 saturated heterocycles. The highest BCUT2D eigenvalue weighted by molar-refractivity contribution is 7.91. The summed E-state index contributed by atoms with van der Waals surface area (Å²) in [5, 5.41) is 0.802. The minimum absolute atomic E-state index is 0.0111. The van der Waals surface area contributed by atoms with Crippen molar-refractivity contribution in [2.75, 3.05) is 25.2 Å². The number of benzene rings is 1. The lowest BCUT2D eigenvalue weighted by atomic mass is 10.2. The second kappa shape index (κ2) is 6.83. The van der Waals surface area contributed by atoms with E-state index in [-0.39, 0.29) is 45.9 Å². The smallest absolute Gasteiger partial charge is 0.260 e. The number of rotatable bonds is 4. The highest BCUT2D eigenvalue weighted by Crippen LogP contribution is 2.33. The van der Waals surface area contributed by atoms with Crippen molar-refractivity contribution in [3.8, 4) is 5.75 Å². The van der Waals surface area contributed by atoms with E-state index < -0.39 is 9.84 Å². The molecule has 9 heteroatoms. The van der Waals surface area contributed by atoms with Crippen molar-refractivity contribution in [2.45, 2.75) is 12.5 Å². The van der Waals surface area contributed by atoms with Gasteiger partial charge in [-0.15, -0.1) is 0 Å². The molecular formula is C13H14Cl3NO4S. The summed E-state index contributed by atoms with van der Waals surface area (Å²) in [7, 11) is -1.48. The highest BCUT2D eigenvalue weighted by atomic mass is 35.5. The van der Waals surface area contributed by atoms with Gasteiger partial charge in [0.1, 0.15) is 5.75 Å². The number of carbonyl (C=O) groups is 1. The van der Waals surface area contributed by atoms with Crippen molar-refractivity contribution in [1.29, 1.82) is 0 Å². The van der Waals surface area contributed by atoms with Crippen molar-refractivity contribution in [1.82, 2.24) is 4.90 Å². The maximum Gasteiger partial charge on any atom is 0.260 e. The molecule has 1 aromatic carbocycles. The van der Waals surface area contributed by atoms with Gasteiger partial charge in [0.15, 0.2) is 16.4 Å². The van der Waals surface area contributed by atoms with Crippen LogP contribution in [0.3, 0.4) is 0 Å². The molecule has 1 atom stereocenters. The molecule has 0 spiro atoms. The molecule has 2 rings (SSSR count). The predicted molar refractivity (Wildman–Crippen MR) is 86.8 cm³/mol. The average molecular weight is 387 g/mol. The van der Waals surface area contributed by atoms with Gasteiger partial charge < -0.3 is 9.64 Å². The fourth-order valence-electron chi connectivity index (χ4n) is 2.14. The normalized spacial score (nSPS) is 19.9. The Morgan fingerprint density at radius 2 is 1.91 bits per heavy atom. The van der Waals surface area contributed by atoms with Crippen LogP contribution in [-0.2, 0) is 14.6 Å². The fourth-order valence-corrected chi connectivity index (χ4v) is 4.51. The summed E-state index contributed by atoms with van der Waals surface area (Å²) in [6.07, 6.45) is 0.443. The second-order valence-electron chi connectivity index (χ2n) is 5.05. The maximum absolute atomic E-state index is 12.1. The van der Waals surface area contributed by atoms with E-state index in [9.17, 15) is 13.2 Å². The molecule has 0 N–H and O–H groups in total. The molecule has 1 aliphatic heterocycles. The zero-order valence-electron chi connectivity index (χ0n) is 11.7.